The van der Waals surface area contributed by atoms with Crippen molar-refractivity contribution in [3.05, 3.63) is 212 Å². The number of benzene rings is 8. The van der Waals surface area contributed by atoms with E-state index in [2.05, 4.69) is 0 Å². The third kappa shape index (κ3) is 8.02. The summed E-state index contributed by atoms with van der Waals surface area (Å²) in [6, 6.07) is 37.7. The lowest BCUT2D eigenvalue weighted by Crippen LogP contribution is -2.60. The van der Waals surface area contributed by atoms with Crippen molar-refractivity contribution in [1.29, 1.82) is 0 Å². The Morgan fingerprint density at radius 1 is 0.367 bits per heavy atom. The second-order valence-corrected chi connectivity index (χ2v) is 21.0. The minimum Gasteiger partial charge on any atom is -0.508 e. The molecule has 5 aliphatic rings. The van der Waals surface area contributed by atoms with Crippen LogP contribution in [-0.2, 0) is 4.74 Å². The fourth-order valence-electron chi connectivity index (χ4n) is 13.4. The number of ether oxygens (including phenoxy) is 4. The summed E-state index contributed by atoms with van der Waals surface area (Å²) in [5.74, 6) is -6.80. The standard InChI is InChI=1S/C62H52O17/c63-25-46-57(73)58(74)59(75)62(79-46)76-37-15-7-27(8-16-37)48-50-39(18-34(68)22-43(50)72)56-52-41(20-36(70)24-45(52)78-61(56)29-5-13-32(66)14-6-29)54(48)53-40-19-35(69)23-44-51(40)55(60(77-44)28-3-11-31(65)12-4-28)38-17-33(67)21-42(71)49(38)47(53)26-1-9-30(64)10-2-26/h1-24,46-48,53-75H,25H2/t46-,47-,48-,53-,54-,55-,56-,57-,58+,59-,60+,61+,62-/m1/s1. The predicted octanol–water partition coefficient (Wildman–Crippen LogP) is 7.91. The molecule has 1 saturated heterocycles. The number of aliphatic hydroxyl groups is 4. The number of hydrogen-bond donors (Lipinski definition) is 13. The van der Waals surface area contributed by atoms with Crippen molar-refractivity contribution in [2.45, 2.75) is 78.4 Å². The van der Waals surface area contributed by atoms with Gasteiger partial charge < -0.3 is 85.3 Å². The topological polar surface area (TPSA) is 300 Å². The fourth-order valence-corrected chi connectivity index (χ4v) is 13.4. The number of phenols is 9. The maximum atomic E-state index is 12.8. The summed E-state index contributed by atoms with van der Waals surface area (Å²) >= 11 is 0. The number of aliphatic hydroxyl groups excluding tert-OH is 4. The minimum absolute atomic E-state index is 0.0000689. The molecule has 17 nitrogen and oxygen atoms in total. The average molecular weight is 1070 g/mol. The summed E-state index contributed by atoms with van der Waals surface area (Å²) in [6.45, 7) is -0.688. The molecule has 0 aromatic heterocycles. The molecular formula is C62H52O17. The van der Waals surface area contributed by atoms with Crippen LogP contribution in [0.5, 0.6) is 69.0 Å². The third-order valence-corrected chi connectivity index (χ3v) is 16.6. The van der Waals surface area contributed by atoms with Crippen LogP contribution in [0.15, 0.2) is 146 Å². The first kappa shape index (κ1) is 49.7. The van der Waals surface area contributed by atoms with E-state index in [-0.39, 0.29) is 69.0 Å². The number of phenolic OH excluding ortho intramolecular Hbond substituents is 9. The number of hydrogen-bond acceptors (Lipinski definition) is 17. The van der Waals surface area contributed by atoms with Crippen LogP contribution in [0, 0.1) is 0 Å². The smallest absolute Gasteiger partial charge is 0.229 e. The molecule has 13 N–H and O–H groups in total. The Hall–Kier alpha value is -8.84. The highest BCUT2D eigenvalue weighted by Gasteiger charge is 2.55. The van der Waals surface area contributed by atoms with Gasteiger partial charge >= 0.3 is 0 Å². The maximum absolute atomic E-state index is 12.8. The van der Waals surface area contributed by atoms with E-state index in [0.717, 1.165) is 0 Å². The maximum Gasteiger partial charge on any atom is 0.229 e. The van der Waals surface area contributed by atoms with Crippen molar-refractivity contribution < 1.29 is 85.3 Å². The lowest BCUT2D eigenvalue weighted by Gasteiger charge is -2.41. The largest absolute Gasteiger partial charge is 0.508 e. The molecule has 13 rings (SSSR count). The lowest BCUT2D eigenvalue weighted by molar-refractivity contribution is -0.277. The molecule has 8 aromatic carbocycles. The average Bonchev–Trinajstić information content (AvgIpc) is 4.08. The molecule has 79 heavy (non-hydrogen) atoms. The second kappa shape index (κ2) is 18.7. The van der Waals surface area contributed by atoms with Crippen molar-refractivity contribution in [3.63, 3.8) is 0 Å². The molecule has 0 bridgehead atoms. The van der Waals surface area contributed by atoms with Crippen LogP contribution in [0.1, 0.15) is 114 Å². The van der Waals surface area contributed by atoms with Crippen LogP contribution in [0.3, 0.4) is 0 Å². The van der Waals surface area contributed by atoms with Gasteiger partial charge in [0.1, 0.15) is 106 Å². The van der Waals surface area contributed by atoms with Crippen LogP contribution in [0.4, 0.5) is 0 Å². The van der Waals surface area contributed by atoms with Gasteiger partial charge in [-0.2, -0.15) is 0 Å². The van der Waals surface area contributed by atoms with Gasteiger partial charge in [-0.3, -0.25) is 0 Å². The fraction of sp³-hybridized carbons (Fsp3) is 0.226. The molecule has 2 aliphatic carbocycles. The SMILES string of the molecule is OC[C@H]1O[C@@H](Oc2ccc([C@@H]3c4c(O)cc(O)cc4[C@@H]4c5c(cc(O)cc5[C@H]3[C@@H]3c5cc(O)cc6c5[C@@H](c5cc(O)cc(O)c5[C@H]3c3ccc(O)cc3)[C@H](c3ccc(O)cc3)O6)O[C@H]4c3ccc(O)cc3)cc2)[C@H](O)[C@@H](O)[C@@H]1O. The molecule has 0 saturated carbocycles. The van der Waals surface area contributed by atoms with Crippen molar-refractivity contribution in [2.24, 2.45) is 0 Å². The number of fused-ring (bicyclic) bond motifs is 4. The van der Waals surface area contributed by atoms with Gasteiger partial charge in [0, 0.05) is 70.2 Å². The van der Waals surface area contributed by atoms with Crippen LogP contribution in [0.2, 0.25) is 0 Å². The van der Waals surface area contributed by atoms with E-state index < -0.39 is 85.0 Å². The molecule has 17 heteroatoms. The van der Waals surface area contributed by atoms with E-state index in [1.165, 1.54) is 60.7 Å². The zero-order valence-corrected chi connectivity index (χ0v) is 41.5. The summed E-state index contributed by atoms with van der Waals surface area (Å²) < 4.78 is 25.6. The summed E-state index contributed by atoms with van der Waals surface area (Å²) in [6.07, 6.45) is -9.67. The van der Waals surface area contributed by atoms with Crippen molar-refractivity contribution >= 4 is 0 Å². The van der Waals surface area contributed by atoms with E-state index in [1.807, 2.05) is 0 Å². The van der Waals surface area contributed by atoms with E-state index in [9.17, 15) is 66.4 Å². The zero-order chi connectivity index (χ0) is 54.9. The van der Waals surface area contributed by atoms with Crippen molar-refractivity contribution in [2.75, 3.05) is 6.61 Å². The van der Waals surface area contributed by atoms with Gasteiger partial charge in [0.15, 0.2) is 0 Å². The van der Waals surface area contributed by atoms with E-state index >= 15 is 0 Å². The van der Waals surface area contributed by atoms with Crippen LogP contribution in [0.25, 0.3) is 0 Å². The van der Waals surface area contributed by atoms with Gasteiger partial charge in [-0.25, -0.2) is 0 Å². The van der Waals surface area contributed by atoms with Gasteiger partial charge in [-0.05, 0) is 117 Å². The second-order valence-electron chi connectivity index (χ2n) is 21.0. The van der Waals surface area contributed by atoms with Crippen molar-refractivity contribution in [3.8, 4) is 69.0 Å². The molecule has 13 atom stereocenters. The Labute approximate surface area is 450 Å². The highest BCUT2D eigenvalue weighted by atomic mass is 16.7. The summed E-state index contributed by atoms with van der Waals surface area (Å²) in [4.78, 5) is 0. The highest BCUT2D eigenvalue weighted by Crippen LogP contribution is 2.69. The quantitative estimate of drug-likeness (QED) is 0.0688. The van der Waals surface area contributed by atoms with Crippen LogP contribution in [-0.4, -0.2) is 104 Å². The molecule has 402 valence electrons. The van der Waals surface area contributed by atoms with E-state index in [0.29, 0.717) is 66.8 Å². The normalized spacial score (nSPS) is 27.0. The van der Waals surface area contributed by atoms with Gasteiger partial charge in [-0.15, -0.1) is 0 Å². The van der Waals surface area contributed by atoms with Gasteiger partial charge in [0.2, 0.25) is 6.29 Å². The van der Waals surface area contributed by atoms with Crippen LogP contribution < -0.4 is 14.2 Å². The summed E-state index contributed by atoms with van der Waals surface area (Å²) in [7, 11) is 0. The highest BCUT2D eigenvalue weighted by molar-refractivity contribution is 5.71. The molecule has 3 heterocycles. The molecule has 0 spiro atoms. The molecule has 8 aromatic rings. The Balaban J connectivity index is 1.13. The first-order valence-corrected chi connectivity index (χ1v) is 25.7. The van der Waals surface area contributed by atoms with Gasteiger partial charge in [0.05, 0.1) is 18.4 Å². The molecule has 1 fully saturated rings. The summed E-state index contributed by atoms with van der Waals surface area (Å²) in [5, 5.41) is 147. The van der Waals surface area contributed by atoms with Gasteiger partial charge in [0.25, 0.3) is 0 Å². The Bertz CT molecular complexity index is 3680. The zero-order valence-electron chi connectivity index (χ0n) is 41.5. The molecule has 3 aliphatic heterocycles. The molecular weight excluding hydrogens is 1020 g/mol. The van der Waals surface area contributed by atoms with Crippen LogP contribution >= 0.6 is 0 Å². The minimum atomic E-state index is -1.73. The lowest BCUT2D eigenvalue weighted by atomic mass is 9.62. The first-order chi connectivity index (χ1) is 38.0. The van der Waals surface area contributed by atoms with E-state index in [4.69, 9.17) is 18.9 Å². The predicted molar refractivity (Wildman–Crippen MR) is 281 cm³/mol. The Morgan fingerprint density at radius 2 is 0.747 bits per heavy atom. The first-order valence-electron chi connectivity index (χ1n) is 25.7. The van der Waals surface area contributed by atoms with Crippen molar-refractivity contribution in [1.82, 2.24) is 0 Å². The number of rotatable bonds is 8. The third-order valence-electron chi connectivity index (χ3n) is 16.6. The van der Waals surface area contributed by atoms with Gasteiger partial charge in [-0.1, -0.05) is 48.5 Å². The Kier molecular flexibility index (Phi) is 11.8. The monoisotopic (exact) mass is 1070 g/mol. The number of aromatic hydroxyl groups is 9. The Morgan fingerprint density at radius 3 is 1.16 bits per heavy atom. The molecule has 0 amide bonds. The summed E-state index contributed by atoms with van der Waals surface area (Å²) in [5.41, 5.74) is 5.90. The molecule has 0 unspecified atom stereocenters. The molecule has 0 radical (unpaired) electrons. The van der Waals surface area contributed by atoms with E-state index in [1.54, 1.807) is 84.9 Å².